The number of ether oxygens (including phenoxy) is 1. The van der Waals surface area contributed by atoms with Gasteiger partial charge < -0.3 is 10.5 Å². The van der Waals surface area contributed by atoms with Crippen molar-refractivity contribution < 1.29 is 4.74 Å². The van der Waals surface area contributed by atoms with E-state index in [1.165, 1.54) is 0 Å². The lowest BCUT2D eigenvalue weighted by Crippen LogP contribution is -2.10. The van der Waals surface area contributed by atoms with E-state index in [4.69, 9.17) is 15.9 Å². The minimum Gasteiger partial charge on any atom is -0.488 e. The van der Waals surface area contributed by atoms with Gasteiger partial charge in [-0.1, -0.05) is 12.1 Å². The van der Waals surface area contributed by atoms with Crippen molar-refractivity contribution in [3.05, 3.63) is 50.6 Å². The van der Waals surface area contributed by atoms with Crippen molar-refractivity contribution in [2.24, 2.45) is 5.73 Å². The number of nitrogen functional groups attached to an aromatic ring is 1. The first-order valence-electron chi connectivity index (χ1n) is 4.96. The Morgan fingerprint density at radius 3 is 2.88 bits per heavy atom. The summed E-state index contributed by atoms with van der Waals surface area (Å²) in [6.07, 6.45) is 0. The maximum Gasteiger partial charge on any atom is 0.124 e. The van der Waals surface area contributed by atoms with Gasteiger partial charge in [0.1, 0.15) is 18.2 Å². The molecule has 3 nitrogen and oxygen atoms in total. The summed E-state index contributed by atoms with van der Waals surface area (Å²) in [5.41, 5.74) is 6.09. The summed E-state index contributed by atoms with van der Waals surface area (Å²) in [5, 5.41) is 9.36. The molecule has 17 heavy (non-hydrogen) atoms. The molecule has 0 amide bonds. The fourth-order valence-electron chi connectivity index (χ4n) is 1.33. The maximum atomic E-state index is 7.35. The van der Waals surface area contributed by atoms with E-state index in [0.717, 1.165) is 15.1 Å². The number of hydrogen-bond acceptors (Lipinski definition) is 3. The van der Waals surface area contributed by atoms with Crippen LogP contribution >= 0.6 is 27.3 Å². The number of rotatable bonds is 4. The van der Waals surface area contributed by atoms with Crippen LogP contribution in [0.4, 0.5) is 0 Å². The van der Waals surface area contributed by atoms with E-state index in [2.05, 4.69) is 15.9 Å². The van der Waals surface area contributed by atoms with Crippen LogP contribution in [-0.4, -0.2) is 5.84 Å². The number of nitrogens with two attached hydrogens (primary N) is 1. The van der Waals surface area contributed by atoms with Gasteiger partial charge in [-0.15, -0.1) is 11.3 Å². The Hall–Kier alpha value is -1.33. The molecular weight excluding hydrogens is 300 g/mol. The van der Waals surface area contributed by atoms with E-state index in [0.29, 0.717) is 12.2 Å². The SMILES string of the molecule is N=C(N)c1cccc(OCc2sccc2Br)c1. The Morgan fingerprint density at radius 1 is 1.41 bits per heavy atom. The Bertz CT molecular complexity index is 539. The van der Waals surface area contributed by atoms with Crippen LogP contribution in [0, 0.1) is 5.41 Å². The zero-order valence-corrected chi connectivity index (χ0v) is 11.3. The topological polar surface area (TPSA) is 59.1 Å². The number of thiophene rings is 1. The second kappa shape index (κ2) is 5.33. The molecule has 1 aromatic carbocycles. The molecule has 0 spiro atoms. The highest BCUT2D eigenvalue weighted by molar-refractivity contribution is 9.10. The van der Waals surface area contributed by atoms with Gasteiger partial charge in [0.25, 0.3) is 0 Å². The normalized spacial score (nSPS) is 10.2. The van der Waals surface area contributed by atoms with Crippen molar-refractivity contribution in [2.75, 3.05) is 0 Å². The second-order valence-corrected chi connectivity index (χ2v) is 5.28. The fourth-order valence-corrected chi connectivity index (χ4v) is 2.71. The molecular formula is C12H11BrN2OS. The smallest absolute Gasteiger partial charge is 0.124 e. The number of halogens is 1. The fraction of sp³-hybridized carbons (Fsp3) is 0.0833. The van der Waals surface area contributed by atoms with Crippen LogP contribution in [0.25, 0.3) is 0 Å². The van der Waals surface area contributed by atoms with E-state index >= 15 is 0 Å². The summed E-state index contributed by atoms with van der Waals surface area (Å²) in [4.78, 5) is 1.14. The summed E-state index contributed by atoms with van der Waals surface area (Å²) < 4.78 is 6.71. The third-order valence-electron chi connectivity index (χ3n) is 2.21. The lowest BCUT2D eigenvalue weighted by atomic mass is 10.2. The van der Waals surface area contributed by atoms with Gasteiger partial charge >= 0.3 is 0 Å². The molecule has 0 bridgehead atoms. The van der Waals surface area contributed by atoms with Crippen LogP contribution in [0.3, 0.4) is 0 Å². The lowest BCUT2D eigenvalue weighted by molar-refractivity contribution is 0.309. The highest BCUT2D eigenvalue weighted by Crippen LogP contribution is 2.24. The monoisotopic (exact) mass is 310 g/mol. The van der Waals surface area contributed by atoms with Crippen molar-refractivity contribution in [1.82, 2.24) is 0 Å². The van der Waals surface area contributed by atoms with Crippen LogP contribution in [0.15, 0.2) is 40.2 Å². The summed E-state index contributed by atoms with van der Waals surface area (Å²) in [5.74, 6) is 0.769. The zero-order chi connectivity index (χ0) is 12.3. The Labute approximate surface area is 112 Å². The third kappa shape index (κ3) is 3.08. The van der Waals surface area contributed by atoms with Gasteiger partial charge in [0.05, 0.1) is 4.88 Å². The van der Waals surface area contributed by atoms with E-state index in [1.54, 1.807) is 23.5 Å². The van der Waals surface area contributed by atoms with Crippen LogP contribution in [0.1, 0.15) is 10.4 Å². The molecule has 1 aromatic heterocycles. The molecule has 0 saturated carbocycles. The maximum absolute atomic E-state index is 7.35. The first kappa shape index (κ1) is 12.1. The van der Waals surface area contributed by atoms with E-state index in [1.807, 2.05) is 23.6 Å². The van der Waals surface area contributed by atoms with E-state index < -0.39 is 0 Å². The summed E-state index contributed by atoms with van der Waals surface area (Å²) in [6.45, 7) is 0.514. The minimum atomic E-state index is 0.0488. The molecule has 0 radical (unpaired) electrons. The molecule has 0 aliphatic rings. The largest absolute Gasteiger partial charge is 0.488 e. The van der Waals surface area contributed by atoms with E-state index in [-0.39, 0.29) is 5.84 Å². The van der Waals surface area contributed by atoms with Crippen molar-refractivity contribution in [3.8, 4) is 5.75 Å². The highest BCUT2D eigenvalue weighted by Gasteiger charge is 2.03. The van der Waals surface area contributed by atoms with Gasteiger partial charge in [-0.05, 0) is 39.5 Å². The van der Waals surface area contributed by atoms with Gasteiger partial charge in [-0.2, -0.15) is 0 Å². The number of nitrogens with one attached hydrogen (secondary N) is 1. The Kier molecular flexibility index (Phi) is 3.81. The first-order chi connectivity index (χ1) is 8.16. The molecule has 1 heterocycles. The van der Waals surface area contributed by atoms with E-state index in [9.17, 15) is 0 Å². The predicted molar refractivity (Wildman–Crippen MR) is 73.8 cm³/mol. The minimum absolute atomic E-state index is 0.0488. The van der Waals surface area contributed by atoms with Gasteiger partial charge in [-0.25, -0.2) is 0 Å². The standard InChI is InChI=1S/C12H11BrN2OS/c13-10-4-5-17-11(10)7-16-9-3-1-2-8(6-9)12(14)15/h1-6H,7H2,(H3,14,15). The van der Waals surface area contributed by atoms with Gasteiger partial charge in [0, 0.05) is 10.0 Å². The average molecular weight is 311 g/mol. The molecule has 5 heteroatoms. The van der Waals surface area contributed by atoms with Gasteiger partial charge in [0.15, 0.2) is 0 Å². The molecule has 3 N–H and O–H groups in total. The van der Waals surface area contributed by atoms with Gasteiger partial charge in [0.2, 0.25) is 0 Å². The average Bonchev–Trinajstić information content (AvgIpc) is 2.72. The molecule has 2 rings (SSSR count). The number of benzene rings is 1. The Balaban J connectivity index is 2.07. The molecule has 0 saturated heterocycles. The van der Waals surface area contributed by atoms with Crippen LogP contribution in [0.2, 0.25) is 0 Å². The van der Waals surface area contributed by atoms with Crippen molar-refractivity contribution in [3.63, 3.8) is 0 Å². The molecule has 0 fully saturated rings. The quantitative estimate of drug-likeness (QED) is 0.672. The molecule has 2 aromatic rings. The van der Waals surface area contributed by atoms with Crippen LogP contribution in [0.5, 0.6) is 5.75 Å². The number of hydrogen-bond donors (Lipinski definition) is 2. The van der Waals surface area contributed by atoms with Crippen molar-refractivity contribution >= 4 is 33.1 Å². The summed E-state index contributed by atoms with van der Waals surface area (Å²) in [6, 6.07) is 9.24. The molecule has 88 valence electrons. The van der Waals surface area contributed by atoms with Crippen LogP contribution in [-0.2, 0) is 6.61 Å². The lowest BCUT2D eigenvalue weighted by Gasteiger charge is -2.06. The molecule has 0 unspecified atom stereocenters. The van der Waals surface area contributed by atoms with Crippen molar-refractivity contribution in [1.29, 1.82) is 5.41 Å². The number of amidine groups is 1. The third-order valence-corrected chi connectivity index (χ3v) is 4.11. The second-order valence-electron chi connectivity index (χ2n) is 3.42. The highest BCUT2D eigenvalue weighted by atomic mass is 79.9. The predicted octanol–water partition coefficient (Wildman–Crippen LogP) is 3.37. The molecule has 0 atom stereocenters. The zero-order valence-electron chi connectivity index (χ0n) is 8.94. The summed E-state index contributed by atoms with van der Waals surface area (Å²) in [7, 11) is 0. The molecule has 0 aliphatic carbocycles. The van der Waals surface area contributed by atoms with Crippen molar-refractivity contribution in [2.45, 2.75) is 6.61 Å². The Morgan fingerprint density at radius 2 is 2.24 bits per heavy atom. The summed E-state index contributed by atoms with van der Waals surface area (Å²) >= 11 is 5.09. The van der Waals surface area contributed by atoms with Crippen LogP contribution < -0.4 is 10.5 Å². The molecule has 0 aliphatic heterocycles. The van der Waals surface area contributed by atoms with Gasteiger partial charge in [-0.3, -0.25) is 5.41 Å². The first-order valence-corrected chi connectivity index (χ1v) is 6.63.